The van der Waals surface area contributed by atoms with Crippen LogP contribution in [0.1, 0.15) is 28.8 Å². The molecule has 1 saturated heterocycles. The van der Waals surface area contributed by atoms with Gasteiger partial charge in [0.2, 0.25) is 15.9 Å². The fraction of sp³-hybridized carbons (Fsp3) is 0.391. The van der Waals surface area contributed by atoms with Gasteiger partial charge in [0.05, 0.1) is 19.3 Å². The van der Waals surface area contributed by atoms with Crippen LogP contribution in [0.4, 0.5) is 11.4 Å². The molecule has 0 bridgehead atoms. The molecular weight excluding hydrogens is 430 g/mol. The van der Waals surface area contributed by atoms with Crippen molar-refractivity contribution in [2.75, 3.05) is 43.2 Å². The molecule has 0 spiro atoms. The summed E-state index contributed by atoms with van der Waals surface area (Å²) in [6, 6.07) is 12.6. The first kappa shape index (κ1) is 22.3. The molecule has 0 radical (unpaired) electrons. The van der Waals surface area contributed by atoms with Crippen LogP contribution in [0.2, 0.25) is 0 Å². The Balaban J connectivity index is 1.48. The van der Waals surface area contributed by atoms with E-state index in [2.05, 4.69) is 5.32 Å². The highest BCUT2D eigenvalue weighted by molar-refractivity contribution is 7.88. The summed E-state index contributed by atoms with van der Waals surface area (Å²) >= 11 is 0. The molecule has 0 saturated carbocycles. The number of hydrogen-bond donors (Lipinski definition) is 1. The molecule has 1 atom stereocenters. The minimum Gasteiger partial charge on any atom is -0.497 e. The lowest BCUT2D eigenvalue weighted by Crippen LogP contribution is -2.43. The van der Waals surface area contributed by atoms with Crippen molar-refractivity contribution in [3.05, 3.63) is 53.6 Å². The molecule has 2 aliphatic rings. The van der Waals surface area contributed by atoms with Gasteiger partial charge in [-0.3, -0.25) is 9.59 Å². The Labute approximate surface area is 188 Å². The van der Waals surface area contributed by atoms with Gasteiger partial charge in [-0.2, -0.15) is 0 Å². The predicted molar refractivity (Wildman–Crippen MR) is 123 cm³/mol. The molecule has 0 aliphatic carbocycles. The standard InChI is InChI=1S/C23H27N3O5S/c1-31-20-9-6-17(7-10-20)23(28)26-13-11-16-5-8-19(14-21(16)26)24-22(27)18-4-3-12-25(15-18)32(2,29)30/h5-10,14,18H,3-4,11-13,15H2,1-2H3,(H,24,27). The fourth-order valence-electron chi connectivity index (χ4n) is 4.26. The highest BCUT2D eigenvalue weighted by atomic mass is 32.2. The second kappa shape index (κ2) is 8.91. The topological polar surface area (TPSA) is 96.0 Å². The maximum atomic E-state index is 13.1. The molecule has 2 amide bonds. The predicted octanol–water partition coefficient (Wildman–Crippen LogP) is 2.51. The van der Waals surface area contributed by atoms with Crippen molar-refractivity contribution in [1.29, 1.82) is 0 Å². The first-order valence-electron chi connectivity index (χ1n) is 10.6. The van der Waals surface area contributed by atoms with Crippen molar-refractivity contribution in [2.24, 2.45) is 5.92 Å². The van der Waals surface area contributed by atoms with Crippen molar-refractivity contribution in [3.8, 4) is 5.75 Å². The van der Waals surface area contributed by atoms with Crippen LogP contribution in [0, 0.1) is 5.92 Å². The van der Waals surface area contributed by atoms with Gasteiger partial charge >= 0.3 is 0 Å². The van der Waals surface area contributed by atoms with E-state index in [0.717, 1.165) is 17.7 Å². The smallest absolute Gasteiger partial charge is 0.258 e. The second-order valence-corrected chi connectivity index (χ2v) is 10.2. The lowest BCUT2D eigenvalue weighted by atomic mass is 9.98. The van der Waals surface area contributed by atoms with E-state index >= 15 is 0 Å². The number of rotatable bonds is 5. The zero-order valence-corrected chi connectivity index (χ0v) is 19.0. The van der Waals surface area contributed by atoms with E-state index in [1.165, 1.54) is 10.6 Å². The van der Waals surface area contributed by atoms with Gasteiger partial charge in [-0.15, -0.1) is 0 Å². The number of carbonyl (C=O) groups is 2. The molecule has 9 heteroatoms. The van der Waals surface area contributed by atoms with Crippen molar-refractivity contribution in [2.45, 2.75) is 19.3 Å². The number of hydrogen-bond acceptors (Lipinski definition) is 5. The van der Waals surface area contributed by atoms with Crippen molar-refractivity contribution in [3.63, 3.8) is 0 Å². The monoisotopic (exact) mass is 457 g/mol. The Morgan fingerprint density at radius 2 is 1.84 bits per heavy atom. The summed E-state index contributed by atoms with van der Waals surface area (Å²) in [5.74, 6) is -0.0235. The van der Waals surface area contributed by atoms with Crippen LogP contribution >= 0.6 is 0 Å². The number of benzene rings is 2. The quantitative estimate of drug-likeness (QED) is 0.744. The maximum absolute atomic E-state index is 13.1. The minimum atomic E-state index is -3.32. The van der Waals surface area contributed by atoms with E-state index in [0.29, 0.717) is 42.9 Å². The first-order chi connectivity index (χ1) is 15.3. The van der Waals surface area contributed by atoms with Crippen LogP contribution in [0.3, 0.4) is 0 Å². The van der Waals surface area contributed by atoms with Gasteiger partial charge in [-0.1, -0.05) is 6.07 Å². The van der Waals surface area contributed by atoms with Crippen molar-refractivity contribution >= 4 is 33.2 Å². The Kier molecular flexibility index (Phi) is 6.21. The van der Waals surface area contributed by atoms with Gasteiger partial charge in [0.15, 0.2) is 0 Å². The van der Waals surface area contributed by atoms with Gasteiger partial charge in [-0.25, -0.2) is 12.7 Å². The van der Waals surface area contributed by atoms with Gasteiger partial charge in [0.25, 0.3) is 5.91 Å². The molecule has 1 N–H and O–H groups in total. The normalized spacial score (nSPS) is 18.8. The Morgan fingerprint density at radius 1 is 1.09 bits per heavy atom. The largest absolute Gasteiger partial charge is 0.497 e. The summed E-state index contributed by atoms with van der Waals surface area (Å²) in [6.45, 7) is 1.21. The Bertz CT molecular complexity index is 1130. The van der Waals surface area contributed by atoms with Gasteiger partial charge in [-0.05, 0) is 61.2 Å². The molecule has 0 aromatic heterocycles. The maximum Gasteiger partial charge on any atom is 0.258 e. The fourth-order valence-corrected chi connectivity index (χ4v) is 5.17. The molecule has 2 aliphatic heterocycles. The van der Waals surface area contributed by atoms with Crippen molar-refractivity contribution < 1.29 is 22.7 Å². The number of nitrogens with one attached hydrogen (secondary N) is 1. The van der Waals surface area contributed by atoms with Crippen LogP contribution in [0.15, 0.2) is 42.5 Å². The van der Waals surface area contributed by atoms with E-state index in [9.17, 15) is 18.0 Å². The molecular formula is C23H27N3O5S. The highest BCUT2D eigenvalue weighted by Gasteiger charge is 2.31. The van der Waals surface area contributed by atoms with Crippen LogP contribution in [-0.4, -0.2) is 57.5 Å². The number of fused-ring (bicyclic) bond motifs is 1. The van der Waals surface area contributed by atoms with E-state index in [-0.39, 0.29) is 18.4 Å². The van der Waals surface area contributed by atoms with Crippen LogP contribution < -0.4 is 15.0 Å². The van der Waals surface area contributed by atoms with Gasteiger partial charge in [0.1, 0.15) is 5.75 Å². The summed E-state index contributed by atoms with van der Waals surface area (Å²) in [7, 11) is -1.74. The van der Waals surface area contributed by atoms with Crippen molar-refractivity contribution in [1.82, 2.24) is 4.31 Å². The number of amides is 2. The third-order valence-electron chi connectivity index (χ3n) is 6.05. The number of ether oxygens (including phenoxy) is 1. The Morgan fingerprint density at radius 3 is 2.53 bits per heavy atom. The number of piperidine rings is 1. The SMILES string of the molecule is COc1ccc(C(=O)N2CCc3ccc(NC(=O)C4CCCN(S(C)(=O)=O)C4)cc32)cc1. The number of anilines is 2. The summed E-state index contributed by atoms with van der Waals surface area (Å²) in [6.07, 6.45) is 3.21. The average Bonchev–Trinajstić information content (AvgIpc) is 3.21. The average molecular weight is 458 g/mol. The number of sulfonamides is 1. The lowest BCUT2D eigenvalue weighted by molar-refractivity contribution is -0.120. The van der Waals surface area contributed by atoms with Gasteiger partial charge in [0, 0.05) is 36.6 Å². The third kappa shape index (κ3) is 4.63. The number of nitrogens with zero attached hydrogens (tertiary/aromatic N) is 2. The molecule has 8 nitrogen and oxygen atoms in total. The molecule has 1 unspecified atom stereocenters. The summed E-state index contributed by atoms with van der Waals surface area (Å²) in [5, 5.41) is 2.91. The molecule has 4 rings (SSSR count). The summed E-state index contributed by atoms with van der Waals surface area (Å²) in [4.78, 5) is 27.6. The van der Waals surface area contributed by atoms with Crippen LogP contribution in [0.25, 0.3) is 0 Å². The van der Waals surface area contributed by atoms with E-state index in [1.54, 1.807) is 36.3 Å². The molecule has 2 aromatic carbocycles. The third-order valence-corrected chi connectivity index (χ3v) is 7.32. The van der Waals surface area contributed by atoms with Crippen LogP contribution in [0.5, 0.6) is 5.75 Å². The first-order valence-corrected chi connectivity index (χ1v) is 12.5. The second-order valence-electron chi connectivity index (χ2n) is 8.23. The molecule has 2 heterocycles. The van der Waals surface area contributed by atoms with E-state index < -0.39 is 15.9 Å². The summed E-state index contributed by atoms with van der Waals surface area (Å²) in [5.41, 5.74) is 2.99. The molecule has 1 fully saturated rings. The zero-order valence-electron chi connectivity index (χ0n) is 18.2. The number of carbonyl (C=O) groups excluding carboxylic acids is 2. The number of methoxy groups -OCH3 is 1. The van der Waals surface area contributed by atoms with Gasteiger partial charge < -0.3 is 15.0 Å². The lowest BCUT2D eigenvalue weighted by Gasteiger charge is -2.30. The molecule has 170 valence electrons. The van der Waals surface area contributed by atoms with E-state index in [1.807, 2.05) is 18.2 Å². The Hall–Kier alpha value is -2.91. The molecule has 32 heavy (non-hydrogen) atoms. The van der Waals surface area contributed by atoms with E-state index in [4.69, 9.17) is 4.74 Å². The zero-order chi connectivity index (χ0) is 22.9. The minimum absolute atomic E-state index is 0.106. The van der Waals surface area contributed by atoms with Crippen LogP contribution in [-0.2, 0) is 21.2 Å². The molecule has 2 aromatic rings. The highest BCUT2D eigenvalue weighted by Crippen LogP contribution is 2.32. The summed E-state index contributed by atoms with van der Waals surface area (Å²) < 4.78 is 30.2.